The van der Waals surface area contributed by atoms with Gasteiger partial charge in [0.2, 0.25) is 5.91 Å². The molecule has 0 bridgehead atoms. The predicted molar refractivity (Wildman–Crippen MR) is 86.8 cm³/mol. The molecule has 2 rings (SSSR count). The Morgan fingerprint density at radius 3 is 2.70 bits per heavy atom. The van der Waals surface area contributed by atoms with Crippen LogP contribution in [0.2, 0.25) is 0 Å². The highest BCUT2D eigenvalue weighted by Crippen LogP contribution is 2.20. The zero-order valence-electron chi connectivity index (χ0n) is 12.6. The van der Waals surface area contributed by atoms with Gasteiger partial charge in [0.1, 0.15) is 5.75 Å². The second kappa shape index (κ2) is 8.53. The minimum Gasteiger partial charge on any atom is -0.496 e. The van der Waals surface area contributed by atoms with Crippen LogP contribution in [0.3, 0.4) is 0 Å². The van der Waals surface area contributed by atoms with E-state index in [2.05, 4.69) is 5.32 Å². The average molecular weight is 337 g/mol. The van der Waals surface area contributed by atoms with E-state index in [0.29, 0.717) is 17.9 Å². The number of halogens is 2. The standard InChI is InChI=1S/C17H17F2NO2S/c1-22-16-5-3-2-4-12(16)8-9-20-17(21)11-23-13-6-7-14(18)15(19)10-13/h2-7,10H,8-9,11H2,1H3,(H,20,21). The molecule has 0 aliphatic heterocycles. The highest BCUT2D eigenvalue weighted by Gasteiger charge is 2.07. The fourth-order valence-corrected chi connectivity index (χ4v) is 2.76. The Morgan fingerprint density at radius 2 is 1.96 bits per heavy atom. The first-order valence-corrected chi connectivity index (χ1v) is 8.05. The van der Waals surface area contributed by atoms with Crippen LogP contribution in [0.1, 0.15) is 5.56 Å². The molecule has 23 heavy (non-hydrogen) atoms. The van der Waals surface area contributed by atoms with Gasteiger partial charge in [-0.25, -0.2) is 8.78 Å². The minimum atomic E-state index is -0.911. The zero-order chi connectivity index (χ0) is 16.7. The van der Waals surface area contributed by atoms with Gasteiger partial charge in [-0.15, -0.1) is 11.8 Å². The second-order valence-corrected chi connectivity index (χ2v) is 5.83. The number of thioether (sulfide) groups is 1. The first kappa shape index (κ1) is 17.3. The summed E-state index contributed by atoms with van der Waals surface area (Å²) in [5.41, 5.74) is 1.02. The van der Waals surface area contributed by atoms with E-state index in [1.807, 2.05) is 24.3 Å². The van der Waals surface area contributed by atoms with Crippen molar-refractivity contribution < 1.29 is 18.3 Å². The molecule has 2 aromatic carbocycles. The molecule has 0 atom stereocenters. The van der Waals surface area contributed by atoms with Crippen molar-refractivity contribution in [1.29, 1.82) is 0 Å². The summed E-state index contributed by atoms with van der Waals surface area (Å²) in [4.78, 5) is 12.3. The number of hydrogen-bond donors (Lipinski definition) is 1. The fraction of sp³-hybridized carbons (Fsp3) is 0.235. The fourth-order valence-electron chi connectivity index (χ4n) is 2.01. The van der Waals surface area contributed by atoms with Gasteiger partial charge in [0.15, 0.2) is 11.6 Å². The van der Waals surface area contributed by atoms with Crippen LogP contribution >= 0.6 is 11.8 Å². The van der Waals surface area contributed by atoms with E-state index in [4.69, 9.17) is 4.74 Å². The van der Waals surface area contributed by atoms with Crippen LogP contribution in [0.15, 0.2) is 47.4 Å². The topological polar surface area (TPSA) is 38.3 Å². The number of rotatable bonds is 7. The Morgan fingerprint density at radius 1 is 1.17 bits per heavy atom. The van der Waals surface area contributed by atoms with E-state index < -0.39 is 11.6 Å². The molecule has 0 fully saturated rings. The number of ether oxygens (including phenoxy) is 1. The summed E-state index contributed by atoms with van der Waals surface area (Å²) >= 11 is 1.16. The van der Waals surface area contributed by atoms with Crippen molar-refractivity contribution in [3.8, 4) is 5.75 Å². The maximum atomic E-state index is 13.1. The molecule has 122 valence electrons. The minimum absolute atomic E-state index is 0.150. The Kier molecular flexibility index (Phi) is 6.40. The molecule has 0 spiro atoms. The van der Waals surface area contributed by atoms with Crippen LogP contribution in [-0.4, -0.2) is 25.3 Å². The number of benzene rings is 2. The van der Waals surface area contributed by atoms with Gasteiger partial charge in [-0.2, -0.15) is 0 Å². The lowest BCUT2D eigenvalue weighted by atomic mass is 10.1. The molecule has 0 radical (unpaired) electrons. The van der Waals surface area contributed by atoms with E-state index in [0.717, 1.165) is 35.2 Å². The van der Waals surface area contributed by atoms with Crippen molar-refractivity contribution in [2.45, 2.75) is 11.3 Å². The van der Waals surface area contributed by atoms with Crippen LogP contribution in [0.5, 0.6) is 5.75 Å². The van der Waals surface area contributed by atoms with Gasteiger partial charge >= 0.3 is 0 Å². The van der Waals surface area contributed by atoms with E-state index in [1.165, 1.54) is 6.07 Å². The molecule has 2 aromatic rings. The molecule has 0 saturated heterocycles. The van der Waals surface area contributed by atoms with Crippen molar-refractivity contribution in [3.05, 3.63) is 59.7 Å². The van der Waals surface area contributed by atoms with Gasteiger partial charge in [-0.1, -0.05) is 18.2 Å². The van der Waals surface area contributed by atoms with E-state index in [-0.39, 0.29) is 11.7 Å². The first-order valence-electron chi connectivity index (χ1n) is 7.06. The number of carbonyl (C=O) groups excluding carboxylic acids is 1. The number of methoxy groups -OCH3 is 1. The molecule has 0 saturated carbocycles. The molecule has 3 nitrogen and oxygen atoms in total. The molecule has 0 aliphatic carbocycles. The summed E-state index contributed by atoms with van der Waals surface area (Å²) in [5, 5.41) is 2.80. The molecule has 0 aliphatic rings. The summed E-state index contributed by atoms with van der Waals surface area (Å²) in [7, 11) is 1.61. The van der Waals surface area contributed by atoms with Gasteiger partial charge in [0.25, 0.3) is 0 Å². The summed E-state index contributed by atoms with van der Waals surface area (Å²) < 4.78 is 31.1. The van der Waals surface area contributed by atoms with Crippen molar-refractivity contribution in [2.24, 2.45) is 0 Å². The molecular weight excluding hydrogens is 320 g/mol. The van der Waals surface area contributed by atoms with Crippen molar-refractivity contribution in [3.63, 3.8) is 0 Å². The summed E-state index contributed by atoms with van der Waals surface area (Å²) in [6.45, 7) is 0.484. The smallest absolute Gasteiger partial charge is 0.230 e. The maximum absolute atomic E-state index is 13.1. The van der Waals surface area contributed by atoms with Crippen molar-refractivity contribution >= 4 is 17.7 Å². The lowest BCUT2D eigenvalue weighted by Crippen LogP contribution is -2.27. The van der Waals surface area contributed by atoms with Gasteiger partial charge in [0.05, 0.1) is 12.9 Å². The van der Waals surface area contributed by atoms with Gasteiger partial charge < -0.3 is 10.1 Å². The highest BCUT2D eigenvalue weighted by molar-refractivity contribution is 8.00. The Labute approximate surface area is 138 Å². The van der Waals surface area contributed by atoms with Crippen molar-refractivity contribution in [1.82, 2.24) is 5.32 Å². The average Bonchev–Trinajstić information content (AvgIpc) is 2.56. The molecular formula is C17H17F2NO2S. The highest BCUT2D eigenvalue weighted by atomic mass is 32.2. The van der Waals surface area contributed by atoms with Crippen LogP contribution in [-0.2, 0) is 11.2 Å². The summed E-state index contributed by atoms with van der Waals surface area (Å²) in [6, 6.07) is 11.2. The maximum Gasteiger partial charge on any atom is 0.230 e. The number of nitrogens with one attached hydrogen (secondary N) is 1. The number of amides is 1. The van der Waals surface area contributed by atoms with E-state index in [1.54, 1.807) is 7.11 Å². The molecule has 0 heterocycles. The molecule has 1 N–H and O–H groups in total. The third kappa shape index (κ3) is 5.25. The lowest BCUT2D eigenvalue weighted by molar-refractivity contribution is -0.118. The third-order valence-corrected chi connectivity index (χ3v) is 4.16. The van der Waals surface area contributed by atoms with Gasteiger partial charge in [-0.3, -0.25) is 4.79 Å². The molecule has 1 amide bonds. The Hall–Kier alpha value is -2.08. The summed E-state index contributed by atoms with van der Waals surface area (Å²) in [5.74, 6) is -1.02. The van der Waals surface area contributed by atoms with Crippen LogP contribution in [0.25, 0.3) is 0 Å². The van der Waals surface area contributed by atoms with Crippen molar-refractivity contribution in [2.75, 3.05) is 19.4 Å². The Bertz CT molecular complexity index is 679. The molecule has 0 unspecified atom stereocenters. The van der Waals surface area contributed by atoms with Crippen LogP contribution in [0, 0.1) is 11.6 Å². The van der Waals surface area contributed by atoms with E-state index >= 15 is 0 Å². The predicted octanol–water partition coefficient (Wildman–Crippen LogP) is 3.42. The van der Waals surface area contributed by atoms with E-state index in [9.17, 15) is 13.6 Å². The SMILES string of the molecule is COc1ccccc1CCNC(=O)CSc1ccc(F)c(F)c1. The first-order chi connectivity index (χ1) is 11.1. The van der Waals surface area contributed by atoms with Crippen LogP contribution in [0.4, 0.5) is 8.78 Å². The Balaban J connectivity index is 1.76. The normalized spacial score (nSPS) is 10.4. The lowest BCUT2D eigenvalue weighted by Gasteiger charge is -2.09. The second-order valence-electron chi connectivity index (χ2n) is 4.78. The third-order valence-electron chi connectivity index (χ3n) is 3.17. The van der Waals surface area contributed by atoms with Gasteiger partial charge in [0, 0.05) is 11.4 Å². The monoisotopic (exact) mass is 337 g/mol. The largest absolute Gasteiger partial charge is 0.496 e. The quantitative estimate of drug-likeness (QED) is 0.787. The van der Waals surface area contributed by atoms with Crippen LogP contribution < -0.4 is 10.1 Å². The zero-order valence-corrected chi connectivity index (χ0v) is 13.5. The number of carbonyl (C=O) groups is 1. The number of para-hydroxylation sites is 1. The molecule has 6 heteroatoms. The molecule has 0 aromatic heterocycles. The number of hydrogen-bond acceptors (Lipinski definition) is 3. The summed E-state index contributed by atoms with van der Waals surface area (Å²) in [6.07, 6.45) is 0.658. The van der Waals surface area contributed by atoms with Gasteiger partial charge in [-0.05, 0) is 36.2 Å².